The molecular weight excluding hydrogens is 570 g/mol. The lowest BCUT2D eigenvalue weighted by molar-refractivity contribution is -0.143. The monoisotopic (exact) mass is 609 g/mol. The molecule has 0 saturated carbocycles. The molecule has 13 nitrogen and oxygen atoms in total. The molecular formula is C31H39N5O8. The molecule has 3 aromatic rings. The van der Waals surface area contributed by atoms with Crippen molar-refractivity contribution in [1.82, 2.24) is 20.6 Å². The Labute approximate surface area is 255 Å². The Hall–Kier alpha value is -4.91. The minimum atomic E-state index is -1.39. The quantitative estimate of drug-likeness (QED) is 0.118. The van der Waals surface area contributed by atoms with Crippen molar-refractivity contribution in [3.63, 3.8) is 0 Å². The summed E-state index contributed by atoms with van der Waals surface area (Å²) < 4.78 is 12.1. The number of phenols is 1. The van der Waals surface area contributed by atoms with Crippen molar-refractivity contribution in [3.05, 3.63) is 65.4 Å². The number of alkyl carbamates (subject to hydrolysis) is 1. The van der Waals surface area contributed by atoms with E-state index in [1.54, 1.807) is 44.4 Å². The normalized spacial score (nSPS) is 12.9. The van der Waals surface area contributed by atoms with Crippen LogP contribution in [0.5, 0.6) is 5.75 Å². The second kappa shape index (κ2) is 15.0. The van der Waals surface area contributed by atoms with Crippen molar-refractivity contribution in [2.75, 3.05) is 13.2 Å². The van der Waals surface area contributed by atoms with Crippen molar-refractivity contribution in [2.24, 2.45) is 5.10 Å². The molecule has 0 aliphatic rings. The van der Waals surface area contributed by atoms with E-state index < -0.39 is 42.2 Å². The maximum Gasteiger partial charge on any atom is 0.408 e. The first kappa shape index (κ1) is 33.6. The summed E-state index contributed by atoms with van der Waals surface area (Å²) in [6, 6.07) is 10.9. The van der Waals surface area contributed by atoms with E-state index >= 15 is 0 Å². The number of aromatic nitrogens is 1. The number of hydrogen-bond donors (Lipinski definition) is 5. The number of aliphatic hydroxyl groups is 1. The van der Waals surface area contributed by atoms with Crippen LogP contribution in [0, 0.1) is 6.92 Å². The standard InChI is InChI=1S/C31H39N5O8/c1-6-43-27(39)17-36-19(2)23(22-9-7-8-10-26(22)36)16-32-35-29(41)24(15-20-11-13-21(38)14-12-20)33-28(40)25(18-37)34-30(42)44-31(3,4)5/h7-14,16,24-25,37-38H,6,15,17-18H2,1-5H3,(H,33,40)(H,34,42)(H,35,41)/b32-16-/t24-,25-/m0/s1. The molecule has 0 bridgehead atoms. The van der Waals surface area contributed by atoms with Crippen molar-refractivity contribution in [3.8, 4) is 5.75 Å². The number of fused-ring (bicyclic) bond motifs is 1. The third-order valence-electron chi connectivity index (χ3n) is 6.44. The molecule has 0 spiro atoms. The van der Waals surface area contributed by atoms with Crippen LogP contribution in [0.15, 0.2) is 53.6 Å². The molecule has 0 unspecified atom stereocenters. The highest BCUT2D eigenvalue weighted by atomic mass is 16.6. The van der Waals surface area contributed by atoms with Crippen LogP contribution < -0.4 is 16.1 Å². The summed E-state index contributed by atoms with van der Waals surface area (Å²) in [5, 5.41) is 29.2. The molecule has 3 rings (SSSR count). The molecule has 13 heteroatoms. The summed E-state index contributed by atoms with van der Waals surface area (Å²) in [7, 11) is 0. The van der Waals surface area contributed by atoms with Crippen LogP contribution in [-0.2, 0) is 36.8 Å². The fourth-order valence-corrected chi connectivity index (χ4v) is 4.39. The Morgan fingerprint density at radius 1 is 1.00 bits per heavy atom. The van der Waals surface area contributed by atoms with Gasteiger partial charge in [-0.3, -0.25) is 14.4 Å². The zero-order valence-electron chi connectivity index (χ0n) is 25.4. The third kappa shape index (κ3) is 9.30. The molecule has 1 heterocycles. The van der Waals surface area contributed by atoms with Gasteiger partial charge >= 0.3 is 12.1 Å². The van der Waals surface area contributed by atoms with Crippen LogP contribution in [0.4, 0.5) is 4.79 Å². The number of nitrogens with one attached hydrogen (secondary N) is 3. The number of carbonyl (C=O) groups is 4. The minimum Gasteiger partial charge on any atom is -0.508 e. The number of para-hydroxylation sites is 1. The van der Waals surface area contributed by atoms with E-state index in [-0.39, 0.29) is 31.3 Å². The molecule has 0 saturated heterocycles. The van der Waals surface area contributed by atoms with Crippen LogP contribution in [0.25, 0.3) is 10.9 Å². The molecule has 44 heavy (non-hydrogen) atoms. The van der Waals surface area contributed by atoms with Crippen LogP contribution in [-0.4, -0.2) is 75.8 Å². The van der Waals surface area contributed by atoms with Crippen molar-refractivity contribution >= 4 is 41.0 Å². The second-order valence-corrected chi connectivity index (χ2v) is 11.0. The lowest BCUT2D eigenvalue weighted by Crippen LogP contribution is -2.55. The maximum absolute atomic E-state index is 13.3. The van der Waals surface area contributed by atoms with Gasteiger partial charge in [-0.25, -0.2) is 10.2 Å². The number of benzene rings is 2. The van der Waals surface area contributed by atoms with E-state index in [2.05, 4.69) is 21.2 Å². The molecule has 2 atom stereocenters. The number of rotatable bonds is 12. The number of phenolic OH excluding ortho intramolecular Hbond substituents is 1. The van der Waals surface area contributed by atoms with Crippen molar-refractivity contribution in [1.29, 1.82) is 0 Å². The summed E-state index contributed by atoms with van der Waals surface area (Å²) >= 11 is 0. The zero-order chi connectivity index (χ0) is 32.4. The molecule has 2 aromatic carbocycles. The number of aromatic hydroxyl groups is 1. The lowest BCUT2D eigenvalue weighted by Gasteiger charge is -2.24. The van der Waals surface area contributed by atoms with E-state index in [4.69, 9.17) is 9.47 Å². The van der Waals surface area contributed by atoms with Crippen molar-refractivity contribution < 1.29 is 38.9 Å². The van der Waals surface area contributed by atoms with Gasteiger partial charge in [-0.2, -0.15) is 5.10 Å². The van der Waals surface area contributed by atoms with Gasteiger partial charge in [0.2, 0.25) is 5.91 Å². The van der Waals surface area contributed by atoms with Gasteiger partial charge in [-0.05, 0) is 58.4 Å². The minimum absolute atomic E-state index is 0.00444. The summed E-state index contributed by atoms with van der Waals surface area (Å²) in [6.07, 6.45) is 0.556. The molecule has 0 aliphatic carbocycles. The predicted octanol–water partition coefficient (Wildman–Crippen LogP) is 2.28. The van der Waals surface area contributed by atoms with Crippen molar-refractivity contribution in [2.45, 2.75) is 65.3 Å². The number of amides is 3. The SMILES string of the molecule is CCOC(=O)Cn1c(C)c(/C=N\NC(=O)[C@H](Cc2ccc(O)cc2)NC(=O)[C@H](CO)NC(=O)OC(C)(C)C)c2ccccc21. The Morgan fingerprint density at radius 3 is 2.32 bits per heavy atom. The molecule has 5 N–H and O–H groups in total. The van der Waals surface area contributed by atoms with Crippen LogP contribution in [0.3, 0.4) is 0 Å². The van der Waals surface area contributed by atoms with E-state index in [0.717, 1.165) is 16.6 Å². The van der Waals surface area contributed by atoms with Gasteiger partial charge in [-0.1, -0.05) is 30.3 Å². The fourth-order valence-electron chi connectivity index (χ4n) is 4.39. The van der Waals surface area contributed by atoms with Crippen LogP contribution in [0.2, 0.25) is 0 Å². The number of nitrogens with zero attached hydrogens (tertiary/aromatic N) is 2. The summed E-state index contributed by atoms with van der Waals surface area (Å²) in [4.78, 5) is 50.7. The number of aliphatic hydroxyl groups excluding tert-OH is 1. The summed E-state index contributed by atoms with van der Waals surface area (Å²) in [5.74, 6) is -1.85. The first-order valence-electron chi connectivity index (χ1n) is 14.1. The molecule has 0 aliphatic heterocycles. The van der Waals surface area contributed by atoms with Gasteiger partial charge < -0.3 is 34.9 Å². The molecule has 3 amide bonds. The topological polar surface area (TPSA) is 181 Å². The summed E-state index contributed by atoms with van der Waals surface area (Å²) in [6.45, 7) is 8.03. The lowest BCUT2D eigenvalue weighted by atomic mass is 10.0. The number of hydrazone groups is 1. The van der Waals surface area contributed by atoms with E-state index in [0.29, 0.717) is 11.1 Å². The first-order chi connectivity index (χ1) is 20.8. The van der Waals surface area contributed by atoms with E-state index in [9.17, 15) is 29.4 Å². The highest BCUT2D eigenvalue weighted by Gasteiger charge is 2.28. The molecule has 0 fully saturated rings. The van der Waals surface area contributed by atoms with Gasteiger partial charge in [0.1, 0.15) is 30.0 Å². The number of ether oxygens (including phenoxy) is 2. The zero-order valence-corrected chi connectivity index (χ0v) is 25.4. The Balaban J connectivity index is 1.81. The smallest absolute Gasteiger partial charge is 0.408 e. The Bertz CT molecular complexity index is 1510. The first-order valence-corrected chi connectivity index (χ1v) is 14.1. The van der Waals surface area contributed by atoms with E-state index in [1.165, 1.54) is 18.3 Å². The summed E-state index contributed by atoms with van der Waals surface area (Å²) in [5.41, 5.74) is 4.42. The Morgan fingerprint density at radius 2 is 1.68 bits per heavy atom. The number of esters is 1. The molecule has 0 radical (unpaired) electrons. The fraction of sp³-hybridized carbons (Fsp3) is 0.387. The highest BCUT2D eigenvalue weighted by Crippen LogP contribution is 2.24. The third-order valence-corrected chi connectivity index (χ3v) is 6.44. The second-order valence-electron chi connectivity index (χ2n) is 11.0. The average Bonchev–Trinajstić information content (AvgIpc) is 3.21. The number of carbonyl (C=O) groups excluding carboxylic acids is 4. The van der Waals surface area contributed by atoms with Gasteiger partial charge in [-0.15, -0.1) is 0 Å². The van der Waals surface area contributed by atoms with Crippen LogP contribution >= 0.6 is 0 Å². The Kier molecular flexibility index (Phi) is 11.5. The predicted molar refractivity (Wildman–Crippen MR) is 163 cm³/mol. The number of hydrogen-bond acceptors (Lipinski definition) is 9. The van der Waals surface area contributed by atoms with Gasteiger partial charge in [0.25, 0.3) is 5.91 Å². The highest BCUT2D eigenvalue weighted by molar-refractivity contribution is 6.02. The largest absolute Gasteiger partial charge is 0.508 e. The average molecular weight is 610 g/mol. The molecule has 1 aromatic heterocycles. The van der Waals surface area contributed by atoms with E-state index in [1.807, 2.05) is 31.2 Å². The van der Waals surface area contributed by atoms with Crippen LogP contribution in [0.1, 0.15) is 44.5 Å². The van der Waals surface area contributed by atoms with Gasteiger partial charge in [0.05, 0.1) is 19.4 Å². The van der Waals surface area contributed by atoms with Gasteiger partial charge in [0, 0.05) is 28.6 Å². The van der Waals surface area contributed by atoms with Gasteiger partial charge in [0.15, 0.2) is 0 Å². The molecule has 236 valence electrons. The maximum atomic E-state index is 13.3.